The molecule has 0 aliphatic rings. The second kappa shape index (κ2) is 7.79. The second-order valence-electron chi connectivity index (χ2n) is 6.27. The van der Waals surface area contributed by atoms with Gasteiger partial charge in [0.05, 0.1) is 6.20 Å². The van der Waals surface area contributed by atoms with Crippen LogP contribution in [0.25, 0.3) is 11.1 Å². The molecule has 1 heterocycles. The van der Waals surface area contributed by atoms with Crippen LogP contribution in [0.2, 0.25) is 0 Å². The predicted molar refractivity (Wildman–Crippen MR) is 98.5 cm³/mol. The van der Waals surface area contributed by atoms with Crippen LogP contribution in [-0.2, 0) is 24.2 Å². The largest absolute Gasteiger partial charge is 0.481 e. The molecule has 128 valence electrons. The number of hydrogen-bond donors (Lipinski definition) is 1. The zero-order valence-corrected chi connectivity index (χ0v) is 14.4. The lowest BCUT2D eigenvalue weighted by molar-refractivity contribution is -0.136. The van der Waals surface area contributed by atoms with E-state index >= 15 is 0 Å². The van der Waals surface area contributed by atoms with Gasteiger partial charge in [-0.1, -0.05) is 48.5 Å². The van der Waals surface area contributed by atoms with Gasteiger partial charge in [-0.3, -0.25) is 9.48 Å². The van der Waals surface area contributed by atoms with E-state index in [0.717, 1.165) is 35.2 Å². The van der Waals surface area contributed by atoms with Crippen LogP contribution >= 0.6 is 0 Å². The molecule has 3 aromatic rings. The van der Waals surface area contributed by atoms with Gasteiger partial charge in [0.25, 0.3) is 0 Å². The number of hydrogen-bond acceptors (Lipinski definition) is 2. The van der Waals surface area contributed by atoms with Crippen molar-refractivity contribution in [1.29, 1.82) is 0 Å². The summed E-state index contributed by atoms with van der Waals surface area (Å²) in [6, 6.07) is 16.5. The van der Waals surface area contributed by atoms with E-state index in [0.29, 0.717) is 6.42 Å². The van der Waals surface area contributed by atoms with Crippen molar-refractivity contribution in [3.8, 4) is 11.1 Å². The van der Waals surface area contributed by atoms with Gasteiger partial charge < -0.3 is 5.11 Å². The highest BCUT2D eigenvalue weighted by Crippen LogP contribution is 2.24. The smallest absolute Gasteiger partial charge is 0.303 e. The molecule has 0 bridgehead atoms. The highest BCUT2D eigenvalue weighted by atomic mass is 16.4. The van der Waals surface area contributed by atoms with E-state index < -0.39 is 5.97 Å². The SMILES string of the molecule is Cc1cc(CCC(=O)O)ccc1-c1cnn(CCc2ccccc2)c1. The molecule has 0 atom stereocenters. The molecule has 0 spiro atoms. The summed E-state index contributed by atoms with van der Waals surface area (Å²) < 4.78 is 1.97. The van der Waals surface area contributed by atoms with E-state index in [2.05, 4.69) is 54.6 Å². The monoisotopic (exact) mass is 334 g/mol. The van der Waals surface area contributed by atoms with Crippen LogP contribution in [0.3, 0.4) is 0 Å². The Morgan fingerprint density at radius 1 is 1.08 bits per heavy atom. The van der Waals surface area contributed by atoms with Crippen molar-refractivity contribution in [3.05, 3.63) is 77.6 Å². The fourth-order valence-electron chi connectivity index (χ4n) is 2.97. The molecule has 1 N–H and O–H groups in total. The first kappa shape index (κ1) is 17.0. The standard InChI is InChI=1S/C21H22N2O2/c1-16-13-18(8-10-21(24)25)7-9-20(16)19-14-22-23(15-19)12-11-17-5-3-2-4-6-17/h2-7,9,13-15H,8,10-12H2,1H3,(H,24,25). The molecular formula is C21H22N2O2. The Morgan fingerprint density at radius 3 is 2.60 bits per heavy atom. The molecule has 4 nitrogen and oxygen atoms in total. The number of carboxylic acids is 1. The minimum atomic E-state index is -0.763. The summed E-state index contributed by atoms with van der Waals surface area (Å²) in [5.41, 5.74) is 5.74. The fourth-order valence-corrected chi connectivity index (χ4v) is 2.97. The maximum Gasteiger partial charge on any atom is 0.303 e. The molecule has 0 saturated carbocycles. The quantitative estimate of drug-likeness (QED) is 0.707. The molecule has 3 rings (SSSR count). The van der Waals surface area contributed by atoms with Crippen LogP contribution < -0.4 is 0 Å². The predicted octanol–water partition coefficient (Wildman–Crippen LogP) is 4.12. The first-order valence-electron chi connectivity index (χ1n) is 8.50. The van der Waals surface area contributed by atoms with Crippen LogP contribution in [0.5, 0.6) is 0 Å². The van der Waals surface area contributed by atoms with Crippen molar-refractivity contribution in [2.45, 2.75) is 32.7 Å². The number of carbonyl (C=O) groups is 1. The molecule has 25 heavy (non-hydrogen) atoms. The van der Waals surface area contributed by atoms with Gasteiger partial charge >= 0.3 is 5.97 Å². The summed E-state index contributed by atoms with van der Waals surface area (Å²) in [6.45, 7) is 2.90. The maximum absolute atomic E-state index is 10.7. The molecule has 0 saturated heterocycles. The highest BCUT2D eigenvalue weighted by Gasteiger charge is 2.07. The van der Waals surface area contributed by atoms with Crippen LogP contribution in [0.15, 0.2) is 60.9 Å². The normalized spacial score (nSPS) is 10.8. The molecular weight excluding hydrogens is 312 g/mol. The maximum atomic E-state index is 10.7. The molecule has 0 aliphatic carbocycles. The van der Waals surface area contributed by atoms with Gasteiger partial charge in [-0.25, -0.2) is 0 Å². The van der Waals surface area contributed by atoms with Crippen LogP contribution in [0.4, 0.5) is 0 Å². The fraction of sp³-hybridized carbons (Fsp3) is 0.238. The lowest BCUT2D eigenvalue weighted by Crippen LogP contribution is -2.01. The Balaban J connectivity index is 1.68. The summed E-state index contributed by atoms with van der Waals surface area (Å²) in [4.78, 5) is 10.7. The van der Waals surface area contributed by atoms with Crippen molar-refractivity contribution in [2.75, 3.05) is 0 Å². The Labute approximate surface area is 147 Å². The molecule has 4 heteroatoms. The van der Waals surface area contributed by atoms with E-state index in [4.69, 9.17) is 5.11 Å². The summed E-state index contributed by atoms with van der Waals surface area (Å²) in [6.07, 6.45) is 5.64. The van der Waals surface area contributed by atoms with Gasteiger partial charge in [-0.2, -0.15) is 5.10 Å². The van der Waals surface area contributed by atoms with Gasteiger partial charge in [0, 0.05) is 24.7 Å². The summed E-state index contributed by atoms with van der Waals surface area (Å²) in [7, 11) is 0. The number of aliphatic carboxylic acids is 1. The van der Waals surface area contributed by atoms with Crippen LogP contribution in [0.1, 0.15) is 23.1 Å². The Kier molecular flexibility index (Phi) is 5.29. The number of nitrogens with zero attached hydrogens (tertiary/aromatic N) is 2. The number of rotatable bonds is 7. The summed E-state index contributed by atoms with van der Waals surface area (Å²) >= 11 is 0. The Morgan fingerprint density at radius 2 is 1.88 bits per heavy atom. The average molecular weight is 334 g/mol. The van der Waals surface area contributed by atoms with E-state index in [-0.39, 0.29) is 6.42 Å². The lowest BCUT2D eigenvalue weighted by atomic mass is 9.99. The van der Waals surface area contributed by atoms with Gasteiger partial charge in [-0.05, 0) is 42.0 Å². The number of carboxylic acid groups (broad SMARTS) is 1. The van der Waals surface area contributed by atoms with Crippen molar-refractivity contribution < 1.29 is 9.90 Å². The molecule has 0 amide bonds. The summed E-state index contributed by atoms with van der Waals surface area (Å²) in [5, 5.41) is 13.3. The molecule has 0 unspecified atom stereocenters. The van der Waals surface area contributed by atoms with Crippen LogP contribution in [0, 0.1) is 6.92 Å². The first-order valence-corrected chi connectivity index (χ1v) is 8.50. The topological polar surface area (TPSA) is 55.1 Å². The second-order valence-corrected chi connectivity index (χ2v) is 6.27. The zero-order chi connectivity index (χ0) is 17.6. The molecule has 0 aliphatic heterocycles. The number of aromatic nitrogens is 2. The molecule has 2 aromatic carbocycles. The highest BCUT2D eigenvalue weighted by molar-refractivity contribution is 5.68. The first-order chi connectivity index (χ1) is 12.1. The van der Waals surface area contributed by atoms with E-state index in [1.54, 1.807) is 0 Å². The van der Waals surface area contributed by atoms with Crippen molar-refractivity contribution >= 4 is 5.97 Å². The molecule has 0 fully saturated rings. The van der Waals surface area contributed by atoms with Gasteiger partial charge in [0.15, 0.2) is 0 Å². The minimum absolute atomic E-state index is 0.163. The van der Waals surface area contributed by atoms with Gasteiger partial charge in [0.2, 0.25) is 0 Å². The van der Waals surface area contributed by atoms with Crippen molar-refractivity contribution in [3.63, 3.8) is 0 Å². The number of benzene rings is 2. The third-order valence-electron chi connectivity index (χ3n) is 4.34. The van der Waals surface area contributed by atoms with Crippen molar-refractivity contribution in [2.24, 2.45) is 0 Å². The van der Waals surface area contributed by atoms with Crippen LogP contribution in [-0.4, -0.2) is 20.9 Å². The third kappa shape index (κ3) is 4.57. The summed E-state index contributed by atoms with van der Waals surface area (Å²) in [5.74, 6) is -0.763. The van der Waals surface area contributed by atoms with Gasteiger partial charge in [0.1, 0.15) is 0 Å². The van der Waals surface area contributed by atoms with E-state index in [9.17, 15) is 4.79 Å². The zero-order valence-electron chi connectivity index (χ0n) is 14.4. The average Bonchev–Trinajstić information content (AvgIpc) is 3.08. The Bertz CT molecular complexity index is 853. The minimum Gasteiger partial charge on any atom is -0.481 e. The Hall–Kier alpha value is -2.88. The van der Waals surface area contributed by atoms with E-state index in [1.807, 2.05) is 23.0 Å². The lowest BCUT2D eigenvalue weighted by Gasteiger charge is -2.06. The molecule has 1 aromatic heterocycles. The van der Waals surface area contributed by atoms with Crippen molar-refractivity contribution in [1.82, 2.24) is 9.78 Å². The number of aryl methyl sites for hydroxylation is 4. The molecule has 0 radical (unpaired) electrons. The third-order valence-corrected chi connectivity index (χ3v) is 4.34. The van der Waals surface area contributed by atoms with Gasteiger partial charge in [-0.15, -0.1) is 0 Å². The van der Waals surface area contributed by atoms with E-state index in [1.165, 1.54) is 5.56 Å².